The van der Waals surface area contributed by atoms with E-state index in [9.17, 15) is 9.18 Å². The summed E-state index contributed by atoms with van der Waals surface area (Å²) in [6, 6.07) is 12.4. The molecule has 0 aliphatic heterocycles. The van der Waals surface area contributed by atoms with E-state index in [2.05, 4.69) is 5.32 Å². The minimum absolute atomic E-state index is 0.308. The fourth-order valence-corrected chi connectivity index (χ4v) is 1.88. The Balaban J connectivity index is 2.18. The van der Waals surface area contributed by atoms with Crippen molar-refractivity contribution in [2.75, 3.05) is 22.5 Å². The number of hydrogen-bond donors (Lipinski definition) is 2. The Bertz CT molecular complexity index is 598. The number of nitrogen functional groups attached to an aromatic ring is 1. The SMILES string of the molecule is CCN(C(=O)Nc1ccc(F)cc1)c1ccccc1N. The van der Waals surface area contributed by atoms with Gasteiger partial charge in [-0.3, -0.25) is 4.90 Å². The van der Waals surface area contributed by atoms with Gasteiger partial charge >= 0.3 is 6.03 Å². The molecule has 0 aliphatic carbocycles. The van der Waals surface area contributed by atoms with Crippen LogP contribution in [0, 0.1) is 5.82 Å². The quantitative estimate of drug-likeness (QED) is 0.841. The monoisotopic (exact) mass is 273 g/mol. The van der Waals surface area contributed by atoms with Crippen molar-refractivity contribution in [3.8, 4) is 0 Å². The normalized spacial score (nSPS) is 10.1. The van der Waals surface area contributed by atoms with Crippen LogP contribution in [0.1, 0.15) is 6.92 Å². The fourth-order valence-electron chi connectivity index (χ4n) is 1.88. The number of nitrogens with zero attached hydrogens (tertiary/aromatic N) is 1. The Morgan fingerprint density at radius 2 is 1.85 bits per heavy atom. The molecule has 0 bridgehead atoms. The topological polar surface area (TPSA) is 58.4 Å². The van der Waals surface area contributed by atoms with Crippen LogP contribution >= 0.6 is 0 Å². The summed E-state index contributed by atoms with van der Waals surface area (Å²) >= 11 is 0. The lowest BCUT2D eigenvalue weighted by molar-refractivity contribution is 0.257. The van der Waals surface area contributed by atoms with E-state index in [1.807, 2.05) is 19.1 Å². The first-order valence-electron chi connectivity index (χ1n) is 6.30. The average molecular weight is 273 g/mol. The molecule has 0 aliphatic rings. The molecule has 4 nitrogen and oxygen atoms in total. The van der Waals surface area contributed by atoms with Gasteiger partial charge < -0.3 is 11.1 Å². The number of carbonyl (C=O) groups excluding carboxylic acids is 1. The van der Waals surface area contributed by atoms with E-state index >= 15 is 0 Å². The van der Waals surface area contributed by atoms with Crippen LogP contribution < -0.4 is 16.0 Å². The highest BCUT2D eigenvalue weighted by atomic mass is 19.1. The maximum atomic E-state index is 12.8. The number of urea groups is 1. The summed E-state index contributed by atoms with van der Waals surface area (Å²) < 4.78 is 12.8. The number of halogens is 1. The molecule has 2 aromatic rings. The minimum atomic E-state index is -0.345. The highest BCUT2D eigenvalue weighted by Crippen LogP contribution is 2.23. The number of rotatable bonds is 3. The van der Waals surface area contributed by atoms with Crippen molar-refractivity contribution in [1.29, 1.82) is 0 Å². The standard InChI is InChI=1S/C15H16FN3O/c1-2-19(14-6-4-3-5-13(14)17)15(20)18-12-9-7-11(16)8-10-12/h3-10H,2,17H2,1H3,(H,18,20). The van der Waals surface area contributed by atoms with Gasteiger partial charge in [-0.2, -0.15) is 0 Å². The van der Waals surface area contributed by atoms with Gasteiger partial charge in [0, 0.05) is 12.2 Å². The number of carbonyl (C=O) groups is 1. The van der Waals surface area contributed by atoms with Gasteiger partial charge in [-0.05, 0) is 43.3 Å². The Morgan fingerprint density at radius 3 is 2.45 bits per heavy atom. The molecule has 5 heteroatoms. The van der Waals surface area contributed by atoms with Crippen LogP contribution in [0.25, 0.3) is 0 Å². The maximum absolute atomic E-state index is 12.8. The lowest BCUT2D eigenvalue weighted by Gasteiger charge is -2.22. The van der Waals surface area contributed by atoms with Gasteiger partial charge in [0.2, 0.25) is 0 Å². The number of nitrogens with one attached hydrogen (secondary N) is 1. The summed E-state index contributed by atoms with van der Waals surface area (Å²) in [5, 5.41) is 2.71. The predicted octanol–water partition coefficient (Wildman–Crippen LogP) is 3.47. The molecule has 0 radical (unpaired) electrons. The molecule has 2 rings (SSSR count). The van der Waals surface area contributed by atoms with Crippen LogP contribution in [-0.4, -0.2) is 12.6 Å². The summed E-state index contributed by atoms with van der Waals surface area (Å²) in [5.41, 5.74) is 7.59. The van der Waals surface area contributed by atoms with Crippen LogP contribution in [0.4, 0.5) is 26.2 Å². The zero-order chi connectivity index (χ0) is 14.5. The zero-order valence-corrected chi connectivity index (χ0v) is 11.1. The number of nitrogens with two attached hydrogens (primary N) is 1. The van der Waals surface area contributed by atoms with Crippen LogP contribution in [0.2, 0.25) is 0 Å². The number of anilines is 3. The molecule has 0 atom stereocenters. The highest BCUT2D eigenvalue weighted by Gasteiger charge is 2.15. The molecule has 0 unspecified atom stereocenters. The second kappa shape index (κ2) is 6.06. The fraction of sp³-hybridized carbons (Fsp3) is 0.133. The predicted molar refractivity (Wildman–Crippen MR) is 79.3 cm³/mol. The summed E-state index contributed by atoms with van der Waals surface area (Å²) in [5.74, 6) is -0.345. The third kappa shape index (κ3) is 3.06. The third-order valence-corrected chi connectivity index (χ3v) is 2.88. The number of para-hydroxylation sites is 2. The van der Waals surface area contributed by atoms with Crippen LogP contribution in [-0.2, 0) is 0 Å². The summed E-state index contributed by atoms with van der Waals surface area (Å²) in [6.45, 7) is 2.33. The van der Waals surface area contributed by atoms with Gasteiger partial charge in [0.15, 0.2) is 0 Å². The van der Waals surface area contributed by atoms with Gasteiger partial charge in [-0.15, -0.1) is 0 Å². The lowest BCUT2D eigenvalue weighted by Crippen LogP contribution is -2.35. The van der Waals surface area contributed by atoms with E-state index < -0.39 is 0 Å². The molecular weight excluding hydrogens is 257 g/mol. The van der Waals surface area contributed by atoms with Crippen LogP contribution in [0.15, 0.2) is 48.5 Å². The Labute approximate surface area is 117 Å². The van der Waals surface area contributed by atoms with E-state index in [-0.39, 0.29) is 11.8 Å². The average Bonchev–Trinajstić information content (AvgIpc) is 2.44. The van der Waals surface area contributed by atoms with Gasteiger partial charge in [-0.25, -0.2) is 9.18 Å². The molecule has 0 spiro atoms. The van der Waals surface area contributed by atoms with Crippen molar-refractivity contribution in [3.05, 3.63) is 54.3 Å². The zero-order valence-electron chi connectivity index (χ0n) is 11.1. The second-order valence-corrected chi connectivity index (χ2v) is 4.24. The molecule has 0 heterocycles. The molecule has 2 amide bonds. The number of hydrogen-bond acceptors (Lipinski definition) is 2. The molecule has 2 aromatic carbocycles. The van der Waals surface area contributed by atoms with E-state index in [4.69, 9.17) is 5.73 Å². The van der Waals surface area contributed by atoms with Gasteiger partial charge in [-0.1, -0.05) is 12.1 Å². The van der Waals surface area contributed by atoms with E-state index in [0.717, 1.165) is 0 Å². The molecule has 0 saturated carbocycles. The van der Waals surface area contributed by atoms with E-state index in [1.165, 1.54) is 29.2 Å². The molecule has 20 heavy (non-hydrogen) atoms. The molecular formula is C15H16FN3O. The van der Waals surface area contributed by atoms with Crippen molar-refractivity contribution in [2.24, 2.45) is 0 Å². The molecule has 3 N–H and O–H groups in total. The molecule has 0 fully saturated rings. The summed E-state index contributed by atoms with van der Waals surface area (Å²) in [7, 11) is 0. The van der Waals surface area contributed by atoms with Crippen molar-refractivity contribution >= 4 is 23.1 Å². The van der Waals surface area contributed by atoms with Crippen LogP contribution in [0.3, 0.4) is 0 Å². The number of benzene rings is 2. The van der Waals surface area contributed by atoms with E-state index in [0.29, 0.717) is 23.6 Å². The molecule has 0 saturated heterocycles. The number of amides is 2. The third-order valence-electron chi connectivity index (χ3n) is 2.88. The molecule has 0 aromatic heterocycles. The van der Waals surface area contributed by atoms with Crippen LogP contribution in [0.5, 0.6) is 0 Å². The van der Waals surface area contributed by atoms with E-state index in [1.54, 1.807) is 12.1 Å². The first-order valence-corrected chi connectivity index (χ1v) is 6.30. The maximum Gasteiger partial charge on any atom is 0.326 e. The first-order chi connectivity index (χ1) is 9.61. The largest absolute Gasteiger partial charge is 0.397 e. The summed E-state index contributed by atoms with van der Waals surface area (Å²) in [4.78, 5) is 13.8. The first kappa shape index (κ1) is 13.9. The van der Waals surface area contributed by atoms with Gasteiger partial charge in [0.05, 0.1) is 11.4 Å². The van der Waals surface area contributed by atoms with Crippen molar-refractivity contribution < 1.29 is 9.18 Å². The smallest absolute Gasteiger partial charge is 0.326 e. The van der Waals surface area contributed by atoms with Crippen molar-refractivity contribution in [3.63, 3.8) is 0 Å². The highest BCUT2D eigenvalue weighted by molar-refractivity contribution is 6.03. The Morgan fingerprint density at radius 1 is 1.20 bits per heavy atom. The Hall–Kier alpha value is -2.56. The second-order valence-electron chi connectivity index (χ2n) is 4.24. The summed E-state index contributed by atoms with van der Waals surface area (Å²) in [6.07, 6.45) is 0. The van der Waals surface area contributed by atoms with Crippen molar-refractivity contribution in [1.82, 2.24) is 0 Å². The van der Waals surface area contributed by atoms with Crippen molar-refractivity contribution in [2.45, 2.75) is 6.92 Å². The minimum Gasteiger partial charge on any atom is -0.397 e. The lowest BCUT2D eigenvalue weighted by atomic mass is 10.2. The molecule has 104 valence electrons. The van der Waals surface area contributed by atoms with Gasteiger partial charge in [0.25, 0.3) is 0 Å². The van der Waals surface area contributed by atoms with Gasteiger partial charge in [0.1, 0.15) is 5.82 Å². The Kier molecular flexibility index (Phi) is 4.20.